The Labute approximate surface area is 113 Å². The van der Waals surface area contributed by atoms with Crippen molar-refractivity contribution in [2.24, 2.45) is 11.8 Å². The van der Waals surface area contributed by atoms with Gasteiger partial charge >= 0.3 is 11.0 Å². The average Bonchev–Trinajstić information content (AvgIpc) is 2.77. The van der Waals surface area contributed by atoms with Crippen LogP contribution in [0.4, 0.5) is 5.00 Å². The van der Waals surface area contributed by atoms with Gasteiger partial charge in [-0.2, -0.15) is 0 Å². The van der Waals surface area contributed by atoms with E-state index in [2.05, 4.69) is 5.32 Å². The molecule has 1 atom stereocenters. The van der Waals surface area contributed by atoms with Crippen LogP contribution in [0, 0.1) is 22.0 Å². The lowest BCUT2D eigenvalue weighted by Gasteiger charge is -2.16. The molecular formula is C11H14N2O5S. The lowest BCUT2D eigenvalue weighted by atomic mass is 9.96. The van der Waals surface area contributed by atoms with Gasteiger partial charge in [0.25, 0.3) is 5.91 Å². The number of carboxylic acids is 1. The summed E-state index contributed by atoms with van der Waals surface area (Å²) in [6, 6.07) is 2.60. The van der Waals surface area contributed by atoms with E-state index < -0.39 is 22.7 Å². The van der Waals surface area contributed by atoms with E-state index in [1.807, 2.05) is 0 Å². The van der Waals surface area contributed by atoms with Gasteiger partial charge in [-0.3, -0.25) is 19.7 Å². The van der Waals surface area contributed by atoms with Gasteiger partial charge in [0, 0.05) is 12.6 Å². The van der Waals surface area contributed by atoms with Crippen LogP contribution in [-0.4, -0.2) is 28.5 Å². The number of amides is 1. The summed E-state index contributed by atoms with van der Waals surface area (Å²) in [4.78, 5) is 32.8. The van der Waals surface area contributed by atoms with E-state index in [9.17, 15) is 19.7 Å². The van der Waals surface area contributed by atoms with Gasteiger partial charge in [-0.25, -0.2) is 0 Å². The molecule has 1 heterocycles. The Balaban J connectivity index is 2.64. The molecule has 0 aliphatic carbocycles. The van der Waals surface area contributed by atoms with Crippen molar-refractivity contribution in [3.8, 4) is 0 Å². The molecule has 104 valence electrons. The van der Waals surface area contributed by atoms with Crippen LogP contribution >= 0.6 is 11.3 Å². The molecule has 1 rings (SSSR count). The maximum absolute atomic E-state index is 11.7. The van der Waals surface area contributed by atoms with Crippen LogP contribution in [0.15, 0.2) is 12.1 Å². The van der Waals surface area contributed by atoms with E-state index in [-0.39, 0.29) is 22.3 Å². The predicted octanol–water partition coefficient (Wildman–Crippen LogP) is 1.74. The second-order valence-electron chi connectivity index (χ2n) is 4.29. The molecule has 7 nitrogen and oxygen atoms in total. The van der Waals surface area contributed by atoms with Crippen molar-refractivity contribution < 1.29 is 19.6 Å². The number of thiophene rings is 1. The normalized spacial score (nSPS) is 12.2. The van der Waals surface area contributed by atoms with Gasteiger partial charge in [-0.15, -0.1) is 0 Å². The van der Waals surface area contributed by atoms with Gasteiger partial charge in [0.1, 0.15) is 0 Å². The minimum atomic E-state index is -0.979. The second kappa shape index (κ2) is 6.28. The smallest absolute Gasteiger partial charge is 0.324 e. The standard InChI is InChI=1S/C11H14N2O5S/c1-6(2)7(11(15)16)5-12-10(14)8-3-4-9(19-8)13(17)18/h3-4,6-7H,5H2,1-2H3,(H,12,14)(H,15,16). The molecule has 0 aliphatic rings. The summed E-state index contributed by atoms with van der Waals surface area (Å²) in [7, 11) is 0. The van der Waals surface area contributed by atoms with Crippen LogP contribution < -0.4 is 5.32 Å². The number of nitro groups is 1. The highest BCUT2D eigenvalue weighted by molar-refractivity contribution is 7.17. The van der Waals surface area contributed by atoms with Crippen molar-refractivity contribution in [1.82, 2.24) is 5.32 Å². The first-order chi connectivity index (χ1) is 8.82. The third kappa shape index (κ3) is 4.02. The zero-order valence-corrected chi connectivity index (χ0v) is 11.3. The second-order valence-corrected chi connectivity index (χ2v) is 5.36. The summed E-state index contributed by atoms with van der Waals surface area (Å²) < 4.78 is 0. The highest BCUT2D eigenvalue weighted by Crippen LogP contribution is 2.23. The molecule has 0 bridgehead atoms. The number of nitrogens with zero attached hydrogens (tertiary/aromatic N) is 1. The lowest BCUT2D eigenvalue weighted by Crippen LogP contribution is -2.35. The molecule has 8 heteroatoms. The fourth-order valence-corrected chi connectivity index (χ4v) is 2.18. The molecule has 1 aromatic heterocycles. The van der Waals surface area contributed by atoms with E-state index in [4.69, 9.17) is 5.11 Å². The Hall–Kier alpha value is -1.96. The number of aliphatic carboxylic acids is 1. The molecule has 0 aliphatic heterocycles. The van der Waals surface area contributed by atoms with Gasteiger partial charge in [0.05, 0.1) is 15.7 Å². The fourth-order valence-electron chi connectivity index (χ4n) is 1.45. The Kier molecular flexibility index (Phi) is 4.99. The summed E-state index contributed by atoms with van der Waals surface area (Å²) in [6.07, 6.45) is 0. The minimum Gasteiger partial charge on any atom is -0.481 e. The Morgan fingerprint density at radius 1 is 1.47 bits per heavy atom. The summed E-state index contributed by atoms with van der Waals surface area (Å²) >= 11 is 0.759. The third-order valence-electron chi connectivity index (χ3n) is 2.60. The Morgan fingerprint density at radius 2 is 2.11 bits per heavy atom. The van der Waals surface area contributed by atoms with Crippen molar-refractivity contribution in [3.05, 3.63) is 27.1 Å². The maximum Gasteiger partial charge on any atom is 0.324 e. The first-order valence-electron chi connectivity index (χ1n) is 5.58. The van der Waals surface area contributed by atoms with E-state index in [1.165, 1.54) is 12.1 Å². The summed E-state index contributed by atoms with van der Waals surface area (Å²) in [5, 5.41) is 21.8. The van der Waals surface area contributed by atoms with Gasteiger partial charge in [0.15, 0.2) is 0 Å². The quantitative estimate of drug-likeness (QED) is 0.611. The van der Waals surface area contributed by atoms with Crippen LogP contribution in [0.3, 0.4) is 0 Å². The lowest BCUT2D eigenvalue weighted by molar-refractivity contribution is -0.380. The van der Waals surface area contributed by atoms with Crippen molar-refractivity contribution in [1.29, 1.82) is 0 Å². The number of carbonyl (C=O) groups excluding carboxylic acids is 1. The number of hydrogen-bond donors (Lipinski definition) is 2. The van der Waals surface area contributed by atoms with Crippen LogP contribution in [-0.2, 0) is 4.79 Å². The van der Waals surface area contributed by atoms with E-state index in [0.717, 1.165) is 11.3 Å². The van der Waals surface area contributed by atoms with Gasteiger partial charge in [0.2, 0.25) is 0 Å². The fraction of sp³-hybridized carbons (Fsp3) is 0.455. The Bertz CT molecular complexity index is 497. The zero-order valence-electron chi connectivity index (χ0n) is 10.5. The number of nitrogens with one attached hydrogen (secondary N) is 1. The average molecular weight is 286 g/mol. The molecule has 0 radical (unpaired) electrons. The molecule has 0 saturated carbocycles. The zero-order chi connectivity index (χ0) is 14.6. The maximum atomic E-state index is 11.7. The van der Waals surface area contributed by atoms with Crippen molar-refractivity contribution in [2.75, 3.05) is 6.54 Å². The first kappa shape index (κ1) is 15.1. The molecule has 1 unspecified atom stereocenters. The SMILES string of the molecule is CC(C)C(CNC(=O)c1ccc([N+](=O)[O-])s1)C(=O)O. The van der Waals surface area contributed by atoms with Crippen molar-refractivity contribution >= 4 is 28.2 Å². The first-order valence-corrected chi connectivity index (χ1v) is 6.39. The van der Waals surface area contributed by atoms with E-state index >= 15 is 0 Å². The number of carboxylic acid groups (broad SMARTS) is 1. The number of hydrogen-bond acceptors (Lipinski definition) is 5. The van der Waals surface area contributed by atoms with Crippen molar-refractivity contribution in [3.63, 3.8) is 0 Å². The predicted molar refractivity (Wildman–Crippen MR) is 69.3 cm³/mol. The summed E-state index contributed by atoms with van der Waals surface area (Å²) in [5.74, 6) is -2.27. The third-order valence-corrected chi connectivity index (χ3v) is 3.64. The molecule has 19 heavy (non-hydrogen) atoms. The molecule has 0 saturated heterocycles. The van der Waals surface area contributed by atoms with Gasteiger partial charge < -0.3 is 10.4 Å². The largest absolute Gasteiger partial charge is 0.481 e. The highest BCUT2D eigenvalue weighted by atomic mass is 32.1. The topological polar surface area (TPSA) is 110 Å². The van der Waals surface area contributed by atoms with Gasteiger partial charge in [-0.05, 0) is 12.0 Å². The van der Waals surface area contributed by atoms with E-state index in [0.29, 0.717) is 0 Å². The molecule has 1 aromatic rings. The molecule has 1 amide bonds. The van der Waals surface area contributed by atoms with Gasteiger partial charge in [-0.1, -0.05) is 25.2 Å². The van der Waals surface area contributed by atoms with Crippen LogP contribution in [0.1, 0.15) is 23.5 Å². The highest BCUT2D eigenvalue weighted by Gasteiger charge is 2.23. The van der Waals surface area contributed by atoms with Crippen LogP contribution in [0.2, 0.25) is 0 Å². The molecule has 0 aromatic carbocycles. The molecule has 2 N–H and O–H groups in total. The molecular weight excluding hydrogens is 272 g/mol. The van der Waals surface area contributed by atoms with E-state index in [1.54, 1.807) is 13.8 Å². The summed E-state index contributed by atoms with van der Waals surface area (Å²) in [6.45, 7) is 3.50. The summed E-state index contributed by atoms with van der Waals surface area (Å²) in [5.41, 5.74) is 0. The van der Waals surface area contributed by atoms with Crippen molar-refractivity contribution in [2.45, 2.75) is 13.8 Å². The monoisotopic (exact) mass is 286 g/mol. The minimum absolute atomic E-state index is 0.00245. The van der Waals surface area contributed by atoms with Crippen LogP contribution in [0.25, 0.3) is 0 Å². The molecule has 0 fully saturated rings. The Morgan fingerprint density at radius 3 is 2.53 bits per heavy atom. The molecule has 0 spiro atoms. The number of carbonyl (C=O) groups is 2. The number of rotatable bonds is 6. The van der Waals surface area contributed by atoms with Crippen LogP contribution in [0.5, 0.6) is 0 Å².